The molecular weight excluding hydrogens is 286 g/mol. The number of hydrogen-bond acceptors (Lipinski definition) is 3. The molecule has 0 bridgehead atoms. The Morgan fingerprint density at radius 2 is 1.71 bits per heavy atom. The minimum absolute atomic E-state index is 0.00988. The Kier molecular flexibility index (Phi) is 3.50. The summed E-state index contributed by atoms with van der Waals surface area (Å²) in [6, 6.07) is 6.24. The Morgan fingerprint density at radius 3 is 2.38 bits per heavy atom. The van der Waals surface area contributed by atoms with Crippen LogP contribution in [0.2, 0.25) is 0 Å². The van der Waals surface area contributed by atoms with E-state index in [1.165, 1.54) is 11.4 Å². The average molecular weight is 305 g/mol. The Labute approximate surface area is 125 Å². The molecule has 5 heteroatoms. The standard InChI is InChI=1S/C16H19NO3S/c1-11-7-9-12(10-8-11)21(19,20)17(2)15-13-5-3-4-6-14(13)16(15)18/h3-4,7-10,13-15H,5-6H2,1-2H3/t13-,14+,15+/m1/s1. The second-order valence-electron chi connectivity index (χ2n) is 5.89. The Balaban J connectivity index is 1.88. The van der Waals surface area contributed by atoms with Crippen LogP contribution < -0.4 is 0 Å². The lowest BCUT2D eigenvalue weighted by atomic mass is 9.63. The topological polar surface area (TPSA) is 54.5 Å². The second kappa shape index (κ2) is 5.07. The SMILES string of the molecule is Cc1ccc(S(=O)(=O)N(C)[C@@H]2C(=O)[C@H]3CC=CC[C@H]32)cc1. The van der Waals surface area contributed by atoms with E-state index >= 15 is 0 Å². The normalized spacial score (nSPS) is 28.3. The van der Waals surface area contributed by atoms with Crippen molar-refractivity contribution in [3.63, 3.8) is 0 Å². The van der Waals surface area contributed by atoms with Gasteiger partial charge in [-0.05, 0) is 37.8 Å². The zero-order valence-corrected chi connectivity index (χ0v) is 13.0. The second-order valence-corrected chi connectivity index (χ2v) is 7.89. The zero-order chi connectivity index (χ0) is 15.2. The van der Waals surface area contributed by atoms with Crippen LogP contribution in [0.5, 0.6) is 0 Å². The van der Waals surface area contributed by atoms with Crippen molar-refractivity contribution in [3.8, 4) is 0 Å². The number of fused-ring (bicyclic) bond motifs is 1. The van der Waals surface area contributed by atoms with Crippen molar-refractivity contribution in [1.29, 1.82) is 0 Å². The first-order valence-electron chi connectivity index (χ1n) is 7.16. The van der Waals surface area contributed by atoms with E-state index in [4.69, 9.17) is 0 Å². The lowest BCUT2D eigenvalue weighted by molar-refractivity contribution is -0.141. The summed E-state index contributed by atoms with van der Waals surface area (Å²) in [5.41, 5.74) is 1.01. The molecule has 0 radical (unpaired) electrons. The summed E-state index contributed by atoms with van der Waals surface area (Å²) in [6.45, 7) is 1.91. The van der Waals surface area contributed by atoms with Crippen molar-refractivity contribution in [2.24, 2.45) is 11.8 Å². The minimum atomic E-state index is -3.61. The molecule has 0 spiro atoms. The zero-order valence-electron chi connectivity index (χ0n) is 12.2. The van der Waals surface area contributed by atoms with E-state index in [0.29, 0.717) is 0 Å². The molecule has 3 atom stereocenters. The largest absolute Gasteiger partial charge is 0.298 e. The molecule has 0 aromatic heterocycles. The lowest BCUT2D eigenvalue weighted by Gasteiger charge is -2.47. The first kappa shape index (κ1) is 14.5. The van der Waals surface area contributed by atoms with Gasteiger partial charge in [-0.3, -0.25) is 4.79 Å². The van der Waals surface area contributed by atoms with Crippen LogP contribution in [-0.2, 0) is 14.8 Å². The molecule has 0 unspecified atom stereocenters. The van der Waals surface area contributed by atoms with Gasteiger partial charge in [0.2, 0.25) is 10.0 Å². The summed E-state index contributed by atoms with van der Waals surface area (Å²) in [5.74, 6) is 0.200. The predicted octanol–water partition coefficient (Wildman–Crippen LogP) is 2.15. The smallest absolute Gasteiger partial charge is 0.243 e. The fraction of sp³-hybridized carbons (Fsp3) is 0.438. The third kappa shape index (κ3) is 2.24. The molecule has 0 saturated heterocycles. The highest BCUT2D eigenvalue weighted by Gasteiger charge is 2.53. The van der Waals surface area contributed by atoms with Crippen molar-refractivity contribution in [3.05, 3.63) is 42.0 Å². The van der Waals surface area contributed by atoms with E-state index in [2.05, 4.69) is 0 Å². The number of hydrogen-bond donors (Lipinski definition) is 0. The monoisotopic (exact) mass is 305 g/mol. The third-order valence-corrected chi connectivity index (χ3v) is 6.49. The first-order chi connectivity index (χ1) is 9.93. The van der Waals surface area contributed by atoms with Crippen LogP contribution in [0, 0.1) is 18.8 Å². The fourth-order valence-corrected chi connectivity index (χ4v) is 4.67. The van der Waals surface area contributed by atoms with Crippen LogP contribution in [0.1, 0.15) is 18.4 Å². The number of aryl methyl sites for hydroxylation is 1. The highest BCUT2D eigenvalue weighted by molar-refractivity contribution is 7.89. The van der Waals surface area contributed by atoms with Gasteiger partial charge in [0.15, 0.2) is 5.78 Å². The molecule has 1 fully saturated rings. The van der Waals surface area contributed by atoms with Crippen molar-refractivity contribution < 1.29 is 13.2 Å². The molecule has 1 aromatic carbocycles. The Morgan fingerprint density at radius 1 is 1.10 bits per heavy atom. The quantitative estimate of drug-likeness (QED) is 0.804. The summed E-state index contributed by atoms with van der Waals surface area (Å²) >= 11 is 0. The molecule has 1 saturated carbocycles. The van der Waals surface area contributed by atoms with Gasteiger partial charge < -0.3 is 0 Å². The molecule has 0 N–H and O–H groups in total. The van der Waals surface area contributed by atoms with Crippen LogP contribution in [0.3, 0.4) is 0 Å². The number of Topliss-reactive ketones (excluding diaryl/α,β-unsaturated/α-hetero) is 1. The highest BCUT2D eigenvalue weighted by atomic mass is 32.2. The van der Waals surface area contributed by atoms with Gasteiger partial charge in [-0.25, -0.2) is 8.42 Å². The van der Waals surface area contributed by atoms with Gasteiger partial charge >= 0.3 is 0 Å². The van der Waals surface area contributed by atoms with Crippen molar-refractivity contribution in [2.45, 2.75) is 30.7 Å². The molecule has 4 nitrogen and oxygen atoms in total. The maximum absolute atomic E-state index is 12.7. The molecule has 0 heterocycles. The molecular formula is C16H19NO3S. The van der Waals surface area contributed by atoms with Crippen LogP contribution in [0.15, 0.2) is 41.3 Å². The van der Waals surface area contributed by atoms with E-state index in [1.807, 2.05) is 19.1 Å². The van der Waals surface area contributed by atoms with E-state index in [1.54, 1.807) is 24.3 Å². The maximum atomic E-state index is 12.7. The van der Waals surface area contributed by atoms with Crippen LogP contribution in [0.4, 0.5) is 0 Å². The highest BCUT2D eigenvalue weighted by Crippen LogP contribution is 2.43. The Hall–Kier alpha value is -1.46. The summed E-state index contributed by atoms with van der Waals surface area (Å²) < 4.78 is 26.6. The summed E-state index contributed by atoms with van der Waals surface area (Å²) in [6.07, 6.45) is 5.60. The van der Waals surface area contributed by atoms with Crippen molar-refractivity contribution in [1.82, 2.24) is 4.31 Å². The van der Waals surface area contributed by atoms with Crippen molar-refractivity contribution >= 4 is 15.8 Å². The number of carbonyl (C=O) groups is 1. The lowest BCUT2D eigenvalue weighted by Crippen LogP contribution is -2.61. The fourth-order valence-electron chi connectivity index (χ4n) is 3.30. The van der Waals surface area contributed by atoms with Gasteiger partial charge in [0.25, 0.3) is 0 Å². The molecule has 3 rings (SSSR count). The molecule has 0 amide bonds. The summed E-state index contributed by atoms with van der Waals surface area (Å²) in [5, 5.41) is 0. The number of carbonyl (C=O) groups excluding carboxylic acids is 1. The number of nitrogens with zero attached hydrogens (tertiary/aromatic N) is 1. The number of allylic oxidation sites excluding steroid dienone is 2. The van der Waals surface area contributed by atoms with Crippen molar-refractivity contribution in [2.75, 3.05) is 7.05 Å². The number of benzene rings is 1. The van der Waals surface area contributed by atoms with E-state index in [-0.39, 0.29) is 22.5 Å². The van der Waals surface area contributed by atoms with Gasteiger partial charge in [0.05, 0.1) is 10.9 Å². The first-order valence-corrected chi connectivity index (χ1v) is 8.60. The number of rotatable bonds is 3. The minimum Gasteiger partial charge on any atom is -0.298 e. The summed E-state index contributed by atoms with van der Waals surface area (Å²) in [4.78, 5) is 12.5. The Bertz CT molecular complexity index is 691. The van der Waals surface area contributed by atoms with Crippen LogP contribution in [-0.4, -0.2) is 31.6 Å². The maximum Gasteiger partial charge on any atom is 0.243 e. The molecule has 0 aliphatic heterocycles. The molecule has 1 aromatic rings. The van der Waals surface area contributed by atoms with Gasteiger partial charge in [0.1, 0.15) is 0 Å². The van der Waals surface area contributed by atoms with E-state index in [9.17, 15) is 13.2 Å². The molecule has 112 valence electrons. The third-order valence-electron chi connectivity index (χ3n) is 4.63. The van der Waals surface area contributed by atoms with Crippen LogP contribution >= 0.6 is 0 Å². The van der Waals surface area contributed by atoms with Gasteiger partial charge in [-0.2, -0.15) is 4.31 Å². The molecule has 2 aliphatic carbocycles. The number of likely N-dealkylation sites (N-methyl/N-ethyl adjacent to an activating group) is 1. The summed E-state index contributed by atoms with van der Waals surface area (Å²) in [7, 11) is -2.09. The average Bonchev–Trinajstić information content (AvgIpc) is 2.47. The number of ketones is 1. The van der Waals surface area contributed by atoms with E-state index < -0.39 is 16.1 Å². The molecule has 21 heavy (non-hydrogen) atoms. The molecule has 2 aliphatic rings. The predicted molar refractivity (Wildman–Crippen MR) is 80.3 cm³/mol. The van der Waals surface area contributed by atoms with Gasteiger partial charge in [0, 0.05) is 13.0 Å². The van der Waals surface area contributed by atoms with E-state index in [0.717, 1.165) is 18.4 Å². The number of sulfonamides is 1. The van der Waals surface area contributed by atoms with Gasteiger partial charge in [-0.1, -0.05) is 29.8 Å². The van der Waals surface area contributed by atoms with Gasteiger partial charge in [-0.15, -0.1) is 0 Å². The van der Waals surface area contributed by atoms with Crippen LogP contribution in [0.25, 0.3) is 0 Å².